The van der Waals surface area contributed by atoms with E-state index in [1.807, 2.05) is 6.92 Å². The highest BCUT2D eigenvalue weighted by atomic mass is 32.2. The number of methoxy groups -OCH3 is 2. The highest BCUT2D eigenvalue weighted by Crippen LogP contribution is 2.30. The molecule has 0 spiro atoms. The van der Waals surface area contributed by atoms with Crippen LogP contribution in [0.25, 0.3) is 0 Å². The van der Waals surface area contributed by atoms with Crippen molar-refractivity contribution in [1.82, 2.24) is 0 Å². The summed E-state index contributed by atoms with van der Waals surface area (Å²) in [5.41, 5.74) is 2.23. The Morgan fingerprint density at radius 2 is 1.41 bits per heavy atom. The Kier molecular flexibility index (Phi) is 7.42. The molecule has 0 heterocycles. The molecule has 3 N–H and O–H groups in total. The smallest absolute Gasteiger partial charge is 0.265 e. The predicted molar refractivity (Wildman–Crippen MR) is 130 cm³/mol. The van der Waals surface area contributed by atoms with E-state index in [2.05, 4.69) is 15.4 Å². The van der Waals surface area contributed by atoms with E-state index in [-0.39, 0.29) is 22.1 Å². The fourth-order valence-corrected chi connectivity index (χ4v) is 4.39. The molecular formula is C24H25N3O6S. The molecule has 0 saturated carbocycles. The van der Waals surface area contributed by atoms with Gasteiger partial charge in [-0.2, -0.15) is 0 Å². The maximum atomic E-state index is 13.0. The van der Waals surface area contributed by atoms with Gasteiger partial charge in [0.1, 0.15) is 16.4 Å². The SMILES string of the molecule is COc1ccc(NC(=O)c2ccc(OC)c(S(=O)(=O)Nc3ccc(C)cc3)c2)cc1NC(C)=O. The third-order valence-corrected chi connectivity index (χ3v) is 6.19. The molecule has 34 heavy (non-hydrogen) atoms. The van der Waals surface area contributed by atoms with Crippen LogP contribution < -0.4 is 24.8 Å². The van der Waals surface area contributed by atoms with Gasteiger partial charge in [0.15, 0.2) is 0 Å². The number of rotatable bonds is 8. The van der Waals surface area contributed by atoms with E-state index < -0.39 is 15.9 Å². The van der Waals surface area contributed by atoms with Gasteiger partial charge in [-0.15, -0.1) is 0 Å². The normalized spacial score (nSPS) is 10.8. The molecule has 10 heteroatoms. The summed E-state index contributed by atoms with van der Waals surface area (Å²) in [5, 5.41) is 5.32. The minimum absolute atomic E-state index is 0.0913. The van der Waals surface area contributed by atoms with Gasteiger partial charge in [-0.05, 0) is 55.5 Å². The lowest BCUT2D eigenvalue weighted by atomic mass is 10.2. The molecule has 0 atom stereocenters. The largest absolute Gasteiger partial charge is 0.495 e. The Balaban J connectivity index is 1.89. The molecule has 2 amide bonds. The molecule has 0 radical (unpaired) electrons. The van der Waals surface area contributed by atoms with Crippen molar-refractivity contribution in [3.8, 4) is 11.5 Å². The summed E-state index contributed by atoms with van der Waals surface area (Å²) >= 11 is 0. The van der Waals surface area contributed by atoms with Crippen molar-refractivity contribution in [2.24, 2.45) is 0 Å². The molecular weight excluding hydrogens is 458 g/mol. The zero-order chi connectivity index (χ0) is 24.9. The first kappa shape index (κ1) is 24.6. The van der Waals surface area contributed by atoms with Gasteiger partial charge in [0, 0.05) is 23.9 Å². The number of nitrogens with one attached hydrogen (secondary N) is 3. The minimum Gasteiger partial charge on any atom is -0.495 e. The number of hydrogen-bond acceptors (Lipinski definition) is 6. The summed E-state index contributed by atoms with van der Waals surface area (Å²) < 4.78 is 39.0. The molecule has 3 rings (SSSR count). The van der Waals surface area contributed by atoms with E-state index in [1.165, 1.54) is 45.4 Å². The predicted octanol–water partition coefficient (Wildman–Crippen LogP) is 4.02. The van der Waals surface area contributed by atoms with Crippen LogP contribution in [0.3, 0.4) is 0 Å². The van der Waals surface area contributed by atoms with E-state index in [4.69, 9.17) is 9.47 Å². The molecule has 0 aliphatic heterocycles. The van der Waals surface area contributed by atoms with Crippen LogP contribution in [0.15, 0.2) is 65.6 Å². The molecule has 0 bridgehead atoms. The van der Waals surface area contributed by atoms with Crippen molar-refractivity contribution in [3.63, 3.8) is 0 Å². The van der Waals surface area contributed by atoms with Crippen LogP contribution in [-0.2, 0) is 14.8 Å². The Labute approximate surface area is 198 Å². The van der Waals surface area contributed by atoms with E-state index in [0.717, 1.165) is 5.56 Å². The van der Waals surface area contributed by atoms with Crippen molar-refractivity contribution in [2.75, 3.05) is 29.6 Å². The van der Waals surface area contributed by atoms with Crippen LogP contribution in [0.2, 0.25) is 0 Å². The van der Waals surface area contributed by atoms with Crippen molar-refractivity contribution >= 4 is 38.9 Å². The summed E-state index contributed by atoms with van der Waals surface area (Å²) in [6, 6.07) is 15.7. The topological polar surface area (TPSA) is 123 Å². The number of hydrogen-bond donors (Lipinski definition) is 3. The Bertz CT molecular complexity index is 1320. The second-order valence-electron chi connectivity index (χ2n) is 7.39. The van der Waals surface area contributed by atoms with Gasteiger partial charge in [-0.1, -0.05) is 17.7 Å². The van der Waals surface area contributed by atoms with Crippen molar-refractivity contribution < 1.29 is 27.5 Å². The molecule has 3 aromatic carbocycles. The molecule has 0 aromatic heterocycles. The van der Waals surface area contributed by atoms with E-state index in [0.29, 0.717) is 22.8 Å². The van der Waals surface area contributed by atoms with Crippen LogP contribution in [-0.4, -0.2) is 34.5 Å². The summed E-state index contributed by atoms with van der Waals surface area (Å²) in [6.45, 7) is 3.25. The highest BCUT2D eigenvalue weighted by Gasteiger charge is 2.22. The fourth-order valence-electron chi connectivity index (χ4n) is 3.14. The fraction of sp³-hybridized carbons (Fsp3) is 0.167. The lowest BCUT2D eigenvalue weighted by Crippen LogP contribution is -2.17. The standard InChI is InChI=1S/C24H25N3O6S/c1-15-5-8-18(9-6-15)27-34(30,31)23-13-17(7-11-22(23)33-4)24(29)26-19-10-12-21(32-3)20(14-19)25-16(2)28/h5-14,27H,1-4H3,(H,25,28)(H,26,29). The third kappa shape index (κ3) is 5.84. The van der Waals surface area contributed by atoms with Crippen LogP contribution >= 0.6 is 0 Å². The first-order valence-electron chi connectivity index (χ1n) is 10.2. The number of benzene rings is 3. The summed E-state index contributed by atoms with van der Waals surface area (Å²) in [7, 11) is -1.24. The average molecular weight is 484 g/mol. The van der Waals surface area contributed by atoms with Crippen LogP contribution in [0.5, 0.6) is 11.5 Å². The number of amides is 2. The highest BCUT2D eigenvalue weighted by molar-refractivity contribution is 7.92. The Morgan fingerprint density at radius 3 is 2.03 bits per heavy atom. The maximum absolute atomic E-state index is 13.0. The van der Waals surface area contributed by atoms with E-state index in [1.54, 1.807) is 36.4 Å². The lowest BCUT2D eigenvalue weighted by molar-refractivity contribution is -0.114. The van der Waals surface area contributed by atoms with Gasteiger partial charge in [0.2, 0.25) is 5.91 Å². The number of carbonyl (C=O) groups excluding carboxylic acids is 2. The molecule has 3 aromatic rings. The number of sulfonamides is 1. The Hall–Kier alpha value is -4.05. The molecule has 0 fully saturated rings. The number of anilines is 3. The van der Waals surface area contributed by atoms with Crippen LogP contribution in [0.4, 0.5) is 17.1 Å². The molecule has 178 valence electrons. The molecule has 0 saturated heterocycles. The number of ether oxygens (including phenoxy) is 2. The lowest BCUT2D eigenvalue weighted by Gasteiger charge is -2.14. The van der Waals surface area contributed by atoms with E-state index in [9.17, 15) is 18.0 Å². The third-order valence-electron chi connectivity index (χ3n) is 4.79. The molecule has 0 aliphatic carbocycles. The first-order valence-corrected chi connectivity index (χ1v) is 11.7. The first-order chi connectivity index (χ1) is 16.1. The van der Waals surface area contributed by atoms with Gasteiger partial charge in [0.25, 0.3) is 15.9 Å². The Morgan fingerprint density at radius 1 is 0.794 bits per heavy atom. The zero-order valence-corrected chi connectivity index (χ0v) is 19.9. The quantitative estimate of drug-likeness (QED) is 0.445. The minimum atomic E-state index is -4.05. The number of carbonyl (C=O) groups is 2. The van der Waals surface area contributed by atoms with Crippen molar-refractivity contribution in [1.29, 1.82) is 0 Å². The molecule has 0 unspecified atom stereocenters. The van der Waals surface area contributed by atoms with Gasteiger partial charge in [0.05, 0.1) is 19.9 Å². The van der Waals surface area contributed by atoms with Crippen LogP contribution in [0.1, 0.15) is 22.8 Å². The maximum Gasteiger partial charge on any atom is 0.265 e. The van der Waals surface area contributed by atoms with Gasteiger partial charge in [-0.25, -0.2) is 8.42 Å². The summed E-state index contributed by atoms with van der Waals surface area (Å²) in [4.78, 5) is 24.2. The van der Waals surface area contributed by atoms with Gasteiger partial charge >= 0.3 is 0 Å². The average Bonchev–Trinajstić information content (AvgIpc) is 2.80. The molecule has 9 nitrogen and oxygen atoms in total. The van der Waals surface area contributed by atoms with Gasteiger partial charge < -0.3 is 20.1 Å². The zero-order valence-electron chi connectivity index (χ0n) is 19.1. The van der Waals surface area contributed by atoms with Crippen molar-refractivity contribution in [2.45, 2.75) is 18.7 Å². The second kappa shape index (κ2) is 10.3. The van der Waals surface area contributed by atoms with Gasteiger partial charge in [-0.3, -0.25) is 14.3 Å². The number of aryl methyl sites for hydroxylation is 1. The monoisotopic (exact) mass is 483 g/mol. The summed E-state index contributed by atoms with van der Waals surface area (Å²) in [6.07, 6.45) is 0. The van der Waals surface area contributed by atoms with Crippen molar-refractivity contribution in [3.05, 3.63) is 71.8 Å². The molecule has 0 aliphatic rings. The second-order valence-corrected chi connectivity index (χ2v) is 9.04. The van der Waals surface area contributed by atoms with Crippen LogP contribution in [0, 0.1) is 6.92 Å². The van der Waals surface area contributed by atoms with E-state index >= 15 is 0 Å². The summed E-state index contributed by atoms with van der Waals surface area (Å²) in [5.74, 6) is -0.331.